The summed E-state index contributed by atoms with van der Waals surface area (Å²) in [6, 6.07) is 15.8. The Morgan fingerprint density at radius 3 is 2.61 bits per heavy atom. The molecule has 1 aromatic heterocycles. The molecule has 3 rings (SSSR count). The van der Waals surface area contributed by atoms with Crippen LogP contribution in [-0.4, -0.2) is 29.5 Å². The fourth-order valence-electron chi connectivity index (χ4n) is 2.83. The van der Waals surface area contributed by atoms with Crippen LogP contribution in [0.15, 0.2) is 60.9 Å². The molecule has 6 nitrogen and oxygen atoms in total. The van der Waals surface area contributed by atoms with Gasteiger partial charge < -0.3 is 15.4 Å². The molecule has 0 atom stereocenters. The van der Waals surface area contributed by atoms with Gasteiger partial charge in [-0.15, -0.1) is 0 Å². The normalized spacial score (nSPS) is 10.4. The second kappa shape index (κ2) is 9.50. The van der Waals surface area contributed by atoms with Crippen molar-refractivity contribution in [3.05, 3.63) is 77.6 Å². The predicted molar refractivity (Wildman–Crippen MR) is 110 cm³/mol. The fraction of sp³-hybridized carbons (Fsp3) is 0.227. The monoisotopic (exact) mass is 376 g/mol. The smallest absolute Gasteiger partial charge is 0.254 e. The van der Waals surface area contributed by atoms with Gasteiger partial charge >= 0.3 is 0 Å². The van der Waals surface area contributed by atoms with Crippen LogP contribution in [0.25, 0.3) is 0 Å². The van der Waals surface area contributed by atoms with Crippen LogP contribution in [0.1, 0.15) is 28.4 Å². The molecule has 0 bridgehead atoms. The number of nitrogens with one attached hydrogen (secondary N) is 2. The first-order valence-electron chi connectivity index (χ1n) is 9.27. The number of aryl methyl sites for hydroxylation is 1. The molecular weight excluding hydrogens is 352 g/mol. The van der Waals surface area contributed by atoms with E-state index in [-0.39, 0.29) is 5.91 Å². The van der Waals surface area contributed by atoms with E-state index in [1.807, 2.05) is 42.5 Å². The lowest BCUT2D eigenvalue weighted by Gasteiger charge is -2.10. The number of methoxy groups -OCH3 is 1. The minimum absolute atomic E-state index is 0.191. The van der Waals surface area contributed by atoms with E-state index in [1.54, 1.807) is 7.11 Å². The number of hydrogen-bond acceptors (Lipinski definition) is 5. The number of carbonyl (C=O) groups excluding carboxylic acids is 1. The summed E-state index contributed by atoms with van der Waals surface area (Å²) in [5.41, 5.74) is 3.69. The SMILES string of the molecule is CCc1ccccc1Nc1ncc(C(=O)NCCc2cccc(OC)c2)cn1. The number of carbonyl (C=O) groups is 1. The summed E-state index contributed by atoms with van der Waals surface area (Å²) in [6.07, 6.45) is 4.70. The van der Waals surface area contributed by atoms with E-state index in [2.05, 4.69) is 33.6 Å². The highest BCUT2D eigenvalue weighted by atomic mass is 16.5. The number of aromatic nitrogens is 2. The van der Waals surface area contributed by atoms with Gasteiger partial charge in [0.2, 0.25) is 5.95 Å². The molecule has 3 aromatic rings. The summed E-state index contributed by atoms with van der Waals surface area (Å²) < 4.78 is 5.21. The van der Waals surface area contributed by atoms with Gasteiger partial charge in [-0.05, 0) is 42.2 Å². The van der Waals surface area contributed by atoms with Crippen molar-refractivity contribution >= 4 is 17.5 Å². The van der Waals surface area contributed by atoms with E-state index in [0.29, 0.717) is 18.1 Å². The largest absolute Gasteiger partial charge is 0.497 e. The molecule has 1 heterocycles. The average molecular weight is 376 g/mol. The highest BCUT2D eigenvalue weighted by Gasteiger charge is 2.08. The molecule has 0 aliphatic carbocycles. The summed E-state index contributed by atoms with van der Waals surface area (Å²) in [6.45, 7) is 2.62. The first-order chi connectivity index (χ1) is 13.7. The molecule has 0 unspecified atom stereocenters. The Labute approximate surface area is 165 Å². The van der Waals surface area contributed by atoms with Crippen LogP contribution in [0.5, 0.6) is 5.75 Å². The summed E-state index contributed by atoms with van der Waals surface area (Å²) in [5.74, 6) is 1.09. The van der Waals surface area contributed by atoms with Gasteiger partial charge in [0.05, 0.1) is 12.7 Å². The number of amides is 1. The highest BCUT2D eigenvalue weighted by Crippen LogP contribution is 2.18. The van der Waals surface area contributed by atoms with Gasteiger partial charge in [0.15, 0.2) is 0 Å². The summed E-state index contributed by atoms with van der Waals surface area (Å²) in [5, 5.41) is 6.09. The van der Waals surface area contributed by atoms with Crippen LogP contribution in [0.2, 0.25) is 0 Å². The van der Waals surface area contributed by atoms with Gasteiger partial charge in [-0.25, -0.2) is 9.97 Å². The van der Waals surface area contributed by atoms with Gasteiger partial charge in [0.25, 0.3) is 5.91 Å². The van der Waals surface area contributed by atoms with Crippen molar-refractivity contribution < 1.29 is 9.53 Å². The maximum absolute atomic E-state index is 12.3. The molecule has 0 saturated heterocycles. The molecule has 6 heteroatoms. The Morgan fingerprint density at radius 2 is 1.86 bits per heavy atom. The van der Waals surface area contributed by atoms with Crippen LogP contribution in [0.4, 0.5) is 11.6 Å². The van der Waals surface area contributed by atoms with Gasteiger partial charge in [0.1, 0.15) is 5.75 Å². The number of ether oxygens (including phenoxy) is 1. The zero-order valence-corrected chi connectivity index (χ0v) is 16.1. The number of nitrogens with zero attached hydrogens (tertiary/aromatic N) is 2. The molecule has 28 heavy (non-hydrogen) atoms. The first kappa shape index (κ1) is 19.4. The molecule has 0 aliphatic rings. The molecular formula is C22H24N4O2. The van der Waals surface area contributed by atoms with Crippen LogP contribution in [-0.2, 0) is 12.8 Å². The molecule has 2 N–H and O–H groups in total. The molecule has 0 radical (unpaired) electrons. The van der Waals surface area contributed by atoms with Crippen molar-refractivity contribution in [2.24, 2.45) is 0 Å². The minimum Gasteiger partial charge on any atom is -0.497 e. The molecule has 0 spiro atoms. The molecule has 144 valence electrons. The Balaban J connectivity index is 1.54. The van der Waals surface area contributed by atoms with Crippen LogP contribution >= 0.6 is 0 Å². The molecule has 2 aromatic carbocycles. The molecule has 1 amide bonds. The third-order valence-corrected chi connectivity index (χ3v) is 4.39. The average Bonchev–Trinajstić information content (AvgIpc) is 2.74. The standard InChI is InChI=1S/C22H24N4O2/c1-3-17-8-4-5-10-20(17)26-22-24-14-18(15-25-22)21(27)23-12-11-16-7-6-9-19(13-16)28-2/h4-10,13-15H,3,11-12H2,1-2H3,(H,23,27)(H,24,25,26). The van der Waals surface area contributed by atoms with Crippen molar-refractivity contribution in [2.45, 2.75) is 19.8 Å². The molecule has 0 fully saturated rings. The molecule has 0 aliphatic heterocycles. The molecule has 0 saturated carbocycles. The number of anilines is 2. The Bertz CT molecular complexity index is 926. The van der Waals surface area contributed by atoms with E-state index >= 15 is 0 Å². The zero-order valence-electron chi connectivity index (χ0n) is 16.1. The van der Waals surface area contributed by atoms with E-state index < -0.39 is 0 Å². The third-order valence-electron chi connectivity index (χ3n) is 4.39. The Morgan fingerprint density at radius 1 is 1.07 bits per heavy atom. The Kier molecular flexibility index (Phi) is 6.57. The maximum Gasteiger partial charge on any atom is 0.254 e. The first-order valence-corrected chi connectivity index (χ1v) is 9.27. The van der Waals surface area contributed by atoms with Gasteiger partial charge in [-0.1, -0.05) is 37.3 Å². The van der Waals surface area contributed by atoms with Crippen LogP contribution in [0, 0.1) is 0 Å². The van der Waals surface area contributed by atoms with Crippen molar-refractivity contribution in [3.63, 3.8) is 0 Å². The van der Waals surface area contributed by atoms with E-state index in [4.69, 9.17) is 4.74 Å². The summed E-state index contributed by atoms with van der Waals surface area (Å²) in [4.78, 5) is 20.8. The van der Waals surface area contributed by atoms with E-state index in [0.717, 1.165) is 29.8 Å². The van der Waals surface area contributed by atoms with Gasteiger partial charge in [-0.3, -0.25) is 4.79 Å². The van der Waals surface area contributed by atoms with Crippen LogP contribution < -0.4 is 15.4 Å². The van der Waals surface area contributed by atoms with Gasteiger partial charge in [-0.2, -0.15) is 0 Å². The van der Waals surface area contributed by atoms with E-state index in [1.165, 1.54) is 18.0 Å². The second-order valence-electron chi connectivity index (χ2n) is 6.29. The number of para-hydroxylation sites is 1. The maximum atomic E-state index is 12.3. The number of rotatable bonds is 8. The van der Waals surface area contributed by atoms with Crippen molar-refractivity contribution in [3.8, 4) is 5.75 Å². The van der Waals surface area contributed by atoms with Crippen LogP contribution in [0.3, 0.4) is 0 Å². The fourth-order valence-corrected chi connectivity index (χ4v) is 2.83. The lowest BCUT2D eigenvalue weighted by atomic mass is 10.1. The highest BCUT2D eigenvalue weighted by molar-refractivity contribution is 5.93. The predicted octanol–water partition coefficient (Wildman–Crippen LogP) is 3.76. The minimum atomic E-state index is -0.191. The quantitative estimate of drug-likeness (QED) is 0.626. The lowest BCUT2D eigenvalue weighted by Crippen LogP contribution is -2.26. The number of hydrogen-bond donors (Lipinski definition) is 2. The second-order valence-corrected chi connectivity index (χ2v) is 6.29. The van der Waals surface area contributed by atoms with Crippen molar-refractivity contribution in [1.82, 2.24) is 15.3 Å². The Hall–Kier alpha value is -3.41. The van der Waals surface area contributed by atoms with Gasteiger partial charge in [0, 0.05) is 24.6 Å². The topological polar surface area (TPSA) is 76.1 Å². The zero-order chi connectivity index (χ0) is 19.8. The summed E-state index contributed by atoms with van der Waals surface area (Å²) in [7, 11) is 1.64. The summed E-state index contributed by atoms with van der Waals surface area (Å²) >= 11 is 0. The van der Waals surface area contributed by atoms with Crippen molar-refractivity contribution in [1.29, 1.82) is 0 Å². The van der Waals surface area contributed by atoms with E-state index in [9.17, 15) is 4.79 Å². The lowest BCUT2D eigenvalue weighted by molar-refractivity contribution is 0.0953. The number of benzene rings is 2. The third kappa shape index (κ3) is 5.07. The van der Waals surface area contributed by atoms with Crippen molar-refractivity contribution in [2.75, 3.05) is 19.0 Å².